The maximum absolute atomic E-state index is 15.5. The summed E-state index contributed by atoms with van der Waals surface area (Å²) in [6.07, 6.45) is -1.34. The number of hydrogen-bond donors (Lipinski definition) is 4. The molecular formula is C26H38FN5O3S. The molecule has 3 unspecified atom stereocenters. The van der Waals surface area contributed by atoms with Crippen molar-refractivity contribution in [3.05, 3.63) is 58.9 Å². The fraction of sp³-hybridized carbons (Fsp3) is 0.462. The molecule has 0 aromatic heterocycles. The Kier molecular flexibility index (Phi) is 8.79. The quantitative estimate of drug-likeness (QED) is 0.378. The zero-order valence-corrected chi connectivity index (χ0v) is 22.9. The largest absolute Gasteiger partial charge is 0.451 e. The molecule has 0 aliphatic carbocycles. The van der Waals surface area contributed by atoms with E-state index in [2.05, 4.69) is 10.0 Å². The van der Waals surface area contributed by atoms with Crippen LogP contribution in [0.15, 0.2) is 42.0 Å². The van der Waals surface area contributed by atoms with Crippen LogP contribution in [-0.2, 0) is 17.4 Å². The lowest BCUT2D eigenvalue weighted by atomic mass is 9.88. The van der Waals surface area contributed by atoms with Crippen molar-refractivity contribution >= 4 is 27.9 Å². The van der Waals surface area contributed by atoms with Crippen LogP contribution in [-0.4, -0.2) is 71.2 Å². The van der Waals surface area contributed by atoms with Crippen LogP contribution in [0.4, 0.5) is 15.8 Å². The standard InChI is InChI=1S/C26H38FN5O3S/c1-26(2,3)36(34)30-21-10-8-9-16(23(21)27)13-19-20(15-31(4)5)18-12-11-17(35-25(33)32(6)7)14-22(18)29-24(19)28/h8-12,14,24-25,29-30,33H,13,15,28H2,1-7H3. The average Bonchev–Trinajstić information content (AvgIpc) is 2.77. The number of likely N-dealkylation sites (N-methyl/N-ethyl adjacent to an activating group) is 1. The number of aliphatic hydroxyl groups is 1. The molecule has 3 rings (SSSR count). The lowest BCUT2D eigenvalue weighted by Crippen LogP contribution is -2.38. The van der Waals surface area contributed by atoms with E-state index < -0.39 is 34.1 Å². The molecule has 5 N–H and O–H groups in total. The molecule has 1 aliphatic heterocycles. The highest BCUT2D eigenvalue weighted by Gasteiger charge is 2.27. The van der Waals surface area contributed by atoms with Crippen LogP contribution in [0.2, 0.25) is 0 Å². The van der Waals surface area contributed by atoms with Crippen molar-refractivity contribution in [3.8, 4) is 5.75 Å². The van der Waals surface area contributed by atoms with E-state index >= 15 is 4.39 Å². The van der Waals surface area contributed by atoms with Gasteiger partial charge in [-0.25, -0.2) is 8.60 Å². The highest BCUT2D eigenvalue weighted by atomic mass is 32.2. The van der Waals surface area contributed by atoms with Crippen LogP contribution in [0.3, 0.4) is 0 Å². The molecule has 8 nitrogen and oxygen atoms in total. The first-order valence-electron chi connectivity index (χ1n) is 11.8. The molecule has 0 amide bonds. The summed E-state index contributed by atoms with van der Waals surface area (Å²) in [5.41, 5.74) is 10.8. The third kappa shape index (κ3) is 6.63. The van der Waals surface area contributed by atoms with Gasteiger partial charge in [0.05, 0.1) is 16.6 Å². The van der Waals surface area contributed by atoms with Gasteiger partial charge in [0.1, 0.15) is 16.7 Å². The number of nitrogens with zero attached hydrogens (tertiary/aromatic N) is 2. The number of rotatable bonds is 9. The first kappa shape index (κ1) is 28.1. The second kappa shape index (κ2) is 11.3. The van der Waals surface area contributed by atoms with Gasteiger partial charge in [-0.05, 0) is 83.9 Å². The summed E-state index contributed by atoms with van der Waals surface area (Å²) in [5.74, 6) is 0.0604. The molecule has 2 aromatic rings. The van der Waals surface area contributed by atoms with E-state index in [1.807, 2.05) is 45.8 Å². The van der Waals surface area contributed by atoms with Crippen LogP contribution in [0, 0.1) is 5.82 Å². The molecule has 0 saturated carbocycles. The van der Waals surface area contributed by atoms with Gasteiger partial charge >= 0.3 is 0 Å². The summed E-state index contributed by atoms with van der Waals surface area (Å²) >= 11 is 0. The van der Waals surface area contributed by atoms with Crippen molar-refractivity contribution < 1.29 is 18.4 Å². The fourth-order valence-electron chi connectivity index (χ4n) is 3.79. The maximum Gasteiger partial charge on any atom is 0.259 e. The van der Waals surface area contributed by atoms with Crippen LogP contribution in [0.1, 0.15) is 31.9 Å². The first-order chi connectivity index (χ1) is 16.8. The van der Waals surface area contributed by atoms with Gasteiger partial charge in [0.15, 0.2) is 5.82 Å². The number of halogens is 1. The molecule has 0 bridgehead atoms. The molecule has 36 heavy (non-hydrogen) atoms. The molecular weight excluding hydrogens is 481 g/mol. The van der Waals surface area contributed by atoms with Crippen LogP contribution >= 0.6 is 0 Å². The van der Waals surface area contributed by atoms with Crippen molar-refractivity contribution in [2.24, 2.45) is 5.73 Å². The van der Waals surface area contributed by atoms with Crippen LogP contribution < -0.4 is 20.5 Å². The third-order valence-electron chi connectivity index (χ3n) is 5.77. The minimum Gasteiger partial charge on any atom is -0.451 e. The van der Waals surface area contributed by atoms with E-state index in [1.165, 1.54) is 0 Å². The summed E-state index contributed by atoms with van der Waals surface area (Å²) in [6, 6.07) is 10.6. The summed E-state index contributed by atoms with van der Waals surface area (Å²) in [6.45, 7) is 6.10. The monoisotopic (exact) mass is 519 g/mol. The number of nitrogens with one attached hydrogen (secondary N) is 2. The number of hydrogen-bond acceptors (Lipinski definition) is 7. The molecule has 0 saturated heterocycles. The van der Waals surface area contributed by atoms with Gasteiger partial charge in [-0.2, -0.15) is 0 Å². The van der Waals surface area contributed by atoms with E-state index in [0.29, 0.717) is 17.9 Å². The molecule has 198 valence electrons. The van der Waals surface area contributed by atoms with Gasteiger partial charge in [-0.1, -0.05) is 12.1 Å². The Labute approximate surface area is 215 Å². The molecule has 1 aliphatic rings. The van der Waals surface area contributed by atoms with Crippen molar-refractivity contribution in [1.82, 2.24) is 9.80 Å². The molecule has 10 heteroatoms. The average molecular weight is 520 g/mol. The van der Waals surface area contributed by atoms with Crippen molar-refractivity contribution in [2.75, 3.05) is 44.8 Å². The number of nitrogens with two attached hydrogens (primary N) is 1. The Morgan fingerprint density at radius 3 is 2.53 bits per heavy atom. The summed E-state index contributed by atoms with van der Waals surface area (Å²) < 4.78 is 35.9. The van der Waals surface area contributed by atoms with Crippen molar-refractivity contribution in [3.63, 3.8) is 0 Å². The summed E-state index contributed by atoms with van der Waals surface area (Å²) in [5, 5.41) is 13.3. The van der Waals surface area contributed by atoms with Gasteiger partial charge in [0.2, 0.25) is 0 Å². The zero-order valence-electron chi connectivity index (χ0n) is 22.1. The highest BCUT2D eigenvalue weighted by Crippen LogP contribution is 2.37. The number of fused-ring (bicyclic) bond motifs is 1. The Morgan fingerprint density at radius 2 is 1.92 bits per heavy atom. The van der Waals surface area contributed by atoms with E-state index in [0.717, 1.165) is 22.4 Å². The smallest absolute Gasteiger partial charge is 0.259 e. The molecule has 3 atom stereocenters. The normalized spacial score (nSPS) is 17.6. The molecule has 0 radical (unpaired) electrons. The minimum atomic E-state index is -1.45. The minimum absolute atomic E-state index is 0.203. The molecule has 1 heterocycles. The molecule has 0 fully saturated rings. The van der Waals surface area contributed by atoms with Gasteiger partial charge in [-0.15, -0.1) is 0 Å². The number of ether oxygens (including phenoxy) is 1. The SMILES string of the molecule is CN(C)CC1=C(Cc2cccc(NS(=O)C(C)(C)C)c2F)C(N)Nc2cc(OC(O)N(C)C)ccc21. The van der Waals surface area contributed by atoms with Crippen LogP contribution in [0.5, 0.6) is 5.75 Å². The topological polar surface area (TPSA) is 103 Å². The van der Waals surface area contributed by atoms with E-state index in [4.69, 9.17) is 10.5 Å². The lowest BCUT2D eigenvalue weighted by Gasteiger charge is -2.32. The molecule has 2 aromatic carbocycles. The Hall–Kier alpha value is -2.50. The van der Waals surface area contributed by atoms with Gasteiger partial charge in [-0.3, -0.25) is 4.90 Å². The van der Waals surface area contributed by atoms with E-state index in [-0.39, 0.29) is 12.1 Å². The second-order valence-corrected chi connectivity index (χ2v) is 12.4. The van der Waals surface area contributed by atoms with Gasteiger partial charge in [0, 0.05) is 30.3 Å². The number of anilines is 2. The number of aliphatic hydroxyl groups excluding tert-OH is 1. The highest BCUT2D eigenvalue weighted by molar-refractivity contribution is 7.87. The van der Waals surface area contributed by atoms with Gasteiger partial charge < -0.3 is 30.5 Å². The Morgan fingerprint density at radius 1 is 1.22 bits per heavy atom. The molecule has 0 spiro atoms. The Balaban J connectivity index is 1.99. The lowest BCUT2D eigenvalue weighted by molar-refractivity contribution is -0.114. The van der Waals surface area contributed by atoms with E-state index in [9.17, 15) is 9.32 Å². The zero-order chi connectivity index (χ0) is 26.8. The van der Waals surface area contributed by atoms with Crippen molar-refractivity contribution in [1.29, 1.82) is 0 Å². The van der Waals surface area contributed by atoms with Crippen LogP contribution in [0.25, 0.3) is 5.57 Å². The Bertz CT molecular complexity index is 1150. The van der Waals surface area contributed by atoms with Crippen molar-refractivity contribution in [2.45, 2.75) is 44.5 Å². The fourth-order valence-corrected chi connectivity index (χ4v) is 4.46. The van der Waals surface area contributed by atoms with E-state index in [1.54, 1.807) is 49.3 Å². The summed E-state index contributed by atoms with van der Waals surface area (Å²) in [7, 11) is 5.91. The summed E-state index contributed by atoms with van der Waals surface area (Å²) in [4.78, 5) is 3.58. The predicted molar refractivity (Wildman–Crippen MR) is 145 cm³/mol. The number of benzene rings is 2. The second-order valence-electron chi connectivity index (χ2n) is 10.4. The first-order valence-corrected chi connectivity index (χ1v) is 12.9. The third-order valence-corrected chi connectivity index (χ3v) is 7.28. The van der Waals surface area contributed by atoms with Gasteiger partial charge in [0.25, 0.3) is 6.41 Å². The predicted octanol–water partition coefficient (Wildman–Crippen LogP) is 3.18. The maximum atomic E-state index is 15.5.